The Bertz CT molecular complexity index is 378. The lowest BCUT2D eigenvalue weighted by Crippen LogP contribution is -2.48. The Morgan fingerprint density at radius 1 is 1.69 bits per heavy atom. The molecule has 0 aliphatic carbocycles. The van der Waals surface area contributed by atoms with Crippen LogP contribution in [0.2, 0.25) is 0 Å². The third-order valence-electron chi connectivity index (χ3n) is 2.53. The highest BCUT2D eigenvalue weighted by molar-refractivity contribution is 5.94. The summed E-state index contributed by atoms with van der Waals surface area (Å²) in [6, 6.07) is 2.48. The molecule has 1 aromatic heterocycles. The smallest absolute Gasteiger partial charge is 0.252 e. The molecule has 0 radical (unpaired) electrons. The molecule has 5 heteroatoms. The maximum absolute atomic E-state index is 12.8. The van der Waals surface area contributed by atoms with Crippen molar-refractivity contribution in [3.05, 3.63) is 29.8 Å². The van der Waals surface area contributed by atoms with Crippen molar-refractivity contribution in [1.82, 2.24) is 10.3 Å². The van der Waals surface area contributed by atoms with Crippen molar-refractivity contribution in [2.75, 3.05) is 6.61 Å². The number of aromatic nitrogens is 1. The lowest BCUT2D eigenvalue weighted by atomic mass is 10.00. The lowest BCUT2D eigenvalue weighted by Gasteiger charge is -2.27. The Hall–Kier alpha value is -1.49. The molecule has 1 amide bonds. The fourth-order valence-corrected chi connectivity index (χ4v) is 1.13. The Morgan fingerprint density at radius 2 is 2.38 bits per heavy atom. The molecule has 4 nitrogen and oxygen atoms in total. The molecule has 0 saturated carbocycles. The molecule has 1 heterocycles. The van der Waals surface area contributed by atoms with E-state index >= 15 is 0 Å². The van der Waals surface area contributed by atoms with Gasteiger partial charge in [0.15, 0.2) is 0 Å². The molecule has 2 N–H and O–H groups in total. The quantitative estimate of drug-likeness (QED) is 0.756. The molecule has 1 rings (SSSR count). The van der Waals surface area contributed by atoms with Crippen molar-refractivity contribution in [1.29, 1.82) is 0 Å². The summed E-state index contributed by atoms with van der Waals surface area (Å²) in [6.45, 7) is 3.41. The molecule has 0 aliphatic rings. The number of carbonyl (C=O) groups excluding carboxylic acids is 1. The Labute approximate surface area is 93.5 Å². The van der Waals surface area contributed by atoms with Gasteiger partial charge in [-0.2, -0.15) is 4.39 Å². The third-order valence-corrected chi connectivity index (χ3v) is 2.53. The molecule has 0 fully saturated rings. The summed E-state index contributed by atoms with van der Waals surface area (Å²) in [6.07, 6.45) is 1.81. The van der Waals surface area contributed by atoms with Crippen LogP contribution in [-0.2, 0) is 0 Å². The molecular formula is C11H15FN2O2. The van der Waals surface area contributed by atoms with Crippen molar-refractivity contribution >= 4 is 5.91 Å². The van der Waals surface area contributed by atoms with Crippen LogP contribution in [0.4, 0.5) is 4.39 Å². The van der Waals surface area contributed by atoms with Crippen LogP contribution in [0.15, 0.2) is 18.3 Å². The highest BCUT2D eigenvalue weighted by Gasteiger charge is 2.23. The largest absolute Gasteiger partial charge is 0.394 e. The van der Waals surface area contributed by atoms with E-state index in [1.807, 2.05) is 6.92 Å². The number of amides is 1. The molecule has 16 heavy (non-hydrogen) atoms. The van der Waals surface area contributed by atoms with Gasteiger partial charge in [0.1, 0.15) is 0 Å². The highest BCUT2D eigenvalue weighted by atomic mass is 19.1. The van der Waals surface area contributed by atoms with Crippen molar-refractivity contribution in [3.63, 3.8) is 0 Å². The van der Waals surface area contributed by atoms with Crippen LogP contribution >= 0.6 is 0 Å². The minimum Gasteiger partial charge on any atom is -0.394 e. The number of pyridine rings is 1. The summed E-state index contributed by atoms with van der Waals surface area (Å²) in [5.41, 5.74) is -0.489. The summed E-state index contributed by atoms with van der Waals surface area (Å²) in [5, 5.41) is 11.8. The van der Waals surface area contributed by atoms with Crippen LogP contribution in [0.5, 0.6) is 0 Å². The standard InChI is InChI=1S/C11H15FN2O2/c1-3-11(2,7-15)14-10(16)8-4-5-13-9(12)6-8/h4-6,15H,3,7H2,1-2H3,(H,14,16). The third kappa shape index (κ3) is 3.00. The number of hydrogen-bond donors (Lipinski definition) is 2. The van der Waals surface area contributed by atoms with Crippen LogP contribution in [0.3, 0.4) is 0 Å². The SMILES string of the molecule is CCC(C)(CO)NC(=O)c1ccnc(F)c1. The summed E-state index contributed by atoms with van der Waals surface area (Å²) >= 11 is 0. The number of aliphatic hydroxyl groups is 1. The van der Waals surface area contributed by atoms with E-state index in [0.717, 1.165) is 6.07 Å². The summed E-state index contributed by atoms with van der Waals surface area (Å²) in [7, 11) is 0. The van der Waals surface area contributed by atoms with Crippen LogP contribution in [-0.4, -0.2) is 28.1 Å². The van der Waals surface area contributed by atoms with E-state index in [4.69, 9.17) is 5.11 Å². The van der Waals surface area contributed by atoms with Gasteiger partial charge < -0.3 is 10.4 Å². The van der Waals surface area contributed by atoms with Crippen molar-refractivity contribution in [2.45, 2.75) is 25.8 Å². The minimum atomic E-state index is -0.699. The highest BCUT2D eigenvalue weighted by Crippen LogP contribution is 2.10. The molecule has 0 saturated heterocycles. The van der Waals surface area contributed by atoms with Crippen molar-refractivity contribution in [3.8, 4) is 0 Å². The first kappa shape index (κ1) is 12.6. The average molecular weight is 226 g/mol. The summed E-state index contributed by atoms with van der Waals surface area (Å²) in [4.78, 5) is 15.1. The van der Waals surface area contributed by atoms with Gasteiger partial charge in [-0.25, -0.2) is 4.98 Å². The van der Waals surface area contributed by atoms with Gasteiger partial charge in [-0.15, -0.1) is 0 Å². The first-order valence-electron chi connectivity index (χ1n) is 5.05. The van der Waals surface area contributed by atoms with Crippen LogP contribution in [0.25, 0.3) is 0 Å². The van der Waals surface area contributed by atoms with E-state index in [9.17, 15) is 9.18 Å². The van der Waals surface area contributed by atoms with Gasteiger partial charge in [-0.05, 0) is 19.4 Å². The molecule has 1 unspecified atom stereocenters. The van der Waals surface area contributed by atoms with Gasteiger partial charge in [0.25, 0.3) is 5.91 Å². The second-order valence-electron chi connectivity index (χ2n) is 3.89. The van der Waals surface area contributed by atoms with Crippen molar-refractivity contribution < 1.29 is 14.3 Å². The van der Waals surface area contributed by atoms with Crippen LogP contribution in [0, 0.1) is 5.95 Å². The maximum atomic E-state index is 12.8. The zero-order valence-electron chi connectivity index (χ0n) is 9.33. The lowest BCUT2D eigenvalue weighted by molar-refractivity contribution is 0.0846. The molecule has 0 aliphatic heterocycles. The maximum Gasteiger partial charge on any atom is 0.252 e. The molecule has 1 atom stereocenters. The van der Waals surface area contributed by atoms with E-state index in [1.54, 1.807) is 6.92 Å². The van der Waals surface area contributed by atoms with Gasteiger partial charge in [-0.3, -0.25) is 4.79 Å². The predicted molar refractivity (Wildman–Crippen MR) is 57.4 cm³/mol. The monoisotopic (exact) mass is 226 g/mol. The number of halogens is 1. The van der Waals surface area contributed by atoms with Crippen molar-refractivity contribution in [2.24, 2.45) is 0 Å². The van der Waals surface area contributed by atoms with E-state index in [-0.39, 0.29) is 12.2 Å². The van der Waals surface area contributed by atoms with E-state index < -0.39 is 17.4 Å². The Kier molecular flexibility index (Phi) is 3.95. The molecule has 0 bridgehead atoms. The number of nitrogens with zero attached hydrogens (tertiary/aromatic N) is 1. The average Bonchev–Trinajstić information content (AvgIpc) is 2.29. The number of nitrogens with one attached hydrogen (secondary N) is 1. The molecule has 1 aromatic rings. The Morgan fingerprint density at radius 3 is 2.88 bits per heavy atom. The minimum absolute atomic E-state index is 0.164. The van der Waals surface area contributed by atoms with Crippen LogP contribution < -0.4 is 5.32 Å². The van der Waals surface area contributed by atoms with Gasteiger partial charge in [0.05, 0.1) is 12.1 Å². The second-order valence-corrected chi connectivity index (χ2v) is 3.89. The Balaban J connectivity index is 2.80. The fraction of sp³-hybridized carbons (Fsp3) is 0.455. The normalized spacial score (nSPS) is 14.2. The number of rotatable bonds is 4. The van der Waals surface area contributed by atoms with E-state index in [0.29, 0.717) is 6.42 Å². The fourth-order valence-electron chi connectivity index (χ4n) is 1.13. The van der Waals surface area contributed by atoms with Gasteiger partial charge in [0, 0.05) is 17.8 Å². The topological polar surface area (TPSA) is 62.2 Å². The van der Waals surface area contributed by atoms with Gasteiger partial charge in [-0.1, -0.05) is 6.92 Å². The van der Waals surface area contributed by atoms with E-state index in [1.165, 1.54) is 12.3 Å². The van der Waals surface area contributed by atoms with E-state index in [2.05, 4.69) is 10.3 Å². The number of hydrogen-bond acceptors (Lipinski definition) is 3. The zero-order chi connectivity index (χ0) is 12.2. The number of aliphatic hydroxyl groups excluding tert-OH is 1. The zero-order valence-corrected chi connectivity index (χ0v) is 9.33. The predicted octanol–water partition coefficient (Wildman–Crippen LogP) is 1.11. The number of carbonyl (C=O) groups is 1. The molecule has 0 aromatic carbocycles. The van der Waals surface area contributed by atoms with Crippen LogP contribution in [0.1, 0.15) is 30.6 Å². The van der Waals surface area contributed by atoms with Gasteiger partial charge in [0.2, 0.25) is 5.95 Å². The summed E-state index contributed by atoms with van der Waals surface area (Å²) < 4.78 is 12.8. The first-order chi connectivity index (χ1) is 7.50. The molecule has 0 spiro atoms. The van der Waals surface area contributed by atoms with Gasteiger partial charge >= 0.3 is 0 Å². The second kappa shape index (κ2) is 5.03. The molecular weight excluding hydrogens is 211 g/mol. The first-order valence-corrected chi connectivity index (χ1v) is 5.05. The molecule has 88 valence electrons. The summed E-state index contributed by atoms with van der Waals surface area (Å²) in [5.74, 6) is -1.12.